The van der Waals surface area contributed by atoms with Crippen molar-refractivity contribution in [3.05, 3.63) is 237 Å². The Morgan fingerprint density at radius 2 is 0.806 bits per heavy atom. The predicted octanol–water partition coefficient (Wildman–Crippen LogP) is 16.9. The smallest absolute Gasteiger partial charge is 0.160 e. The molecular weight excluding hydrogens is 815 g/mol. The zero-order valence-corrected chi connectivity index (χ0v) is 36.3. The molecule has 67 heavy (non-hydrogen) atoms. The number of benzene rings is 10. The SMILES string of the molecule is c1ccc(-c2ccc(-c3cc(-c4ccc(-c5ccc(-c6nc7ccccc7c7c(-c8ccccc8)c8c(cc67)oc6ccccc68)cc5)c5ccccc45)nc(-c4ccccc4)n3)cc2)cc1. The van der Waals surface area contributed by atoms with Crippen molar-refractivity contribution >= 4 is 54.4 Å². The molecule has 0 N–H and O–H groups in total. The van der Waals surface area contributed by atoms with Crippen LogP contribution in [0.15, 0.2) is 241 Å². The van der Waals surface area contributed by atoms with Crippen LogP contribution in [-0.2, 0) is 0 Å². The number of fused-ring (bicyclic) bond motifs is 7. The molecule has 0 bridgehead atoms. The molecule has 0 aliphatic carbocycles. The summed E-state index contributed by atoms with van der Waals surface area (Å²) in [4.78, 5) is 15.8. The van der Waals surface area contributed by atoms with Gasteiger partial charge in [-0.25, -0.2) is 15.0 Å². The van der Waals surface area contributed by atoms with E-state index in [-0.39, 0.29) is 0 Å². The lowest BCUT2D eigenvalue weighted by Crippen LogP contribution is -1.97. The average molecular weight is 854 g/mol. The molecule has 0 aliphatic rings. The standard InChI is InChI=1S/C63H39N3O/c1-4-16-40(17-5-1)41-28-32-43(33-29-41)55-39-56(66-63(65-55)46-20-8-3-9-21-46)50-37-36-47(48-22-10-11-23-49(48)50)42-30-34-45(35-31-42)62-53-38-58-61(52-25-13-15-27-57(52)67-58)59(44-18-6-2-7-19-44)60(53)51-24-12-14-26-54(51)64-62/h1-39H. The van der Waals surface area contributed by atoms with Crippen molar-refractivity contribution in [3.8, 4) is 78.5 Å². The summed E-state index contributed by atoms with van der Waals surface area (Å²) in [6.07, 6.45) is 0. The molecule has 312 valence electrons. The fraction of sp³-hybridized carbons (Fsp3) is 0. The fourth-order valence-electron chi connectivity index (χ4n) is 9.93. The minimum Gasteiger partial charge on any atom is -0.456 e. The van der Waals surface area contributed by atoms with E-state index in [1.807, 2.05) is 30.3 Å². The Morgan fingerprint density at radius 1 is 0.284 bits per heavy atom. The summed E-state index contributed by atoms with van der Waals surface area (Å²) in [6.45, 7) is 0. The summed E-state index contributed by atoms with van der Waals surface area (Å²) >= 11 is 0. The maximum atomic E-state index is 6.63. The monoisotopic (exact) mass is 853 g/mol. The zero-order valence-electron chi connectivity index (χ0n) is 36.3. The van der Waals surface area contributed by atoms with E-state index in [2.05, 4.69) is 206 Å². The molecule has 4 nitrogen and oxygen atoms in total. The van der Waals surface area contributed by atoms with Gasteiger partial charge < -0.3 is 4.42 Å². The molecule has 13 aromatic rings. The number of hydrogen-bond donors (Lipinski definition) is 0. The van der Waals surface area contributed by atoms with Crippen molar-refractivity contribution in [2.24, 2.45) is 0 Å². The van der Waals surface area contributed by atoms with E-state index in [1.165, 1.54) is 16.5 Å². The van der Waals surface area contributed by atoms with Crippen LogP contribution in [0.4, 0.5) is 0 Å². The van der Waals surface area contributed by atoms with E-state index >= 15 is 0 Å². The predicted molar refractivity (Wildman–Crippen MR) is 278 cm³/mol. The first-order valence-electron chi connectivity index (χ1n) is 22.7. The topological polar surface area (TPSA) is 51.8 Å². The first kappa shape index (κ1) is 38.5. The molecule has 0 saturated heterocycles. The largest absolute Gasteiger partial charge is 0.456 e. The lowest BCUT2D eigenvalue weighted by Gasteiger charge is -2.16. The molecule has 0 fully saturated rings. The highest BCUT2D eigenvalue weighted by molar-refractivity contribution is 6.27. The van der Waals surface area contributed by atoms with Gasteiger partial charge in [0.2, 0.25) is 0 Å². The van der Waals surface area contributed by atoms with Gasteiger partial charge in [-0.3, -0.25) is 0 Å². The number of rotatable bonds is 7. The normalized spacial score (nSPS) is 11.6. The summed E-state index contributed by atoms with van der Waals surface area (Å²) in [7, 11) is 0. The third-order valence-electron chi connectivity index (χ3n) is 13.1. The first-order chi connectivity index (χ1) is 33.2. The van der Waals surface area contributed by atoms with E-state index in [1.54, 1.807) is 0 Å². The van der Waals surface area contributed by atoms with Crippen LogP contribution in [-0.4, -0.2) is 15.0 Å². The van der Waals surface area contributed by atoms with E-state index in [0.717, 1.165) is 111 Å². The highest BCUT2D eigenvalue weighted by Crippen LogP contribution is 2.47. The van der Waals surface area contributed by atoms with Gasteiger partial charge in [0.05, 0.1) is 22.6 Å². The van der Waals surface area contributed by atoms with Gasteiger partial charge in [0.1, 0.15) is 11.2 Å². The molecule has 0 saturated carbocycles. The van der Waals surface area contributed by atoms with E-state index in [4.69, 9.17) is 19.4 Å². The van der Waals surface area contributed by atoms with Crippen molar-refractivity contribution in [3.63, 3.8) is 0 Å². The maximum Gasteiger partial charge on any atom is 0.160 e. The third kappa shape index (κ3) is 6.65. The number of nitrogens with zero attached hydrogens (tertiary/aromatic N) is 3. The Labute approximate surface area is 387 Å². The molecule has 13 rings (SSSR count). The molecule has 3 heterocycles. The number of pyridine rings is 1. The van der Waals surface area contributed by atoms with Crippen molar-refractivity contribution < 1.29 is 4.42 Å². The minimum absolute atomic E-state index is 0.691. The van der Waals surface area contributed by atoms with Gasteiger partial charge in [-0.2, -0.15) is 0 Å². The lowest BCUT2D eigenvalue weighted by molar-refractivity contribution is 0.669. The lowest BCUT2D eigenvalue weighted by atomic mass is 9.89. The number of furan rings is 1. The van der Waals surface area contributed by atoms with Crippen LogP contribution in [0.25, 0.3) is 133 Å². The van der Waals surface area contributed by atoms with Gasteiger partial charge in [0, 0.05) is 54.7 Å². The summed E-state index contributed by atoms with van der Waals surface area (Å²) in [5.74, 6) is 0.691. The Hall–Kier alpha value is -8.99. The average Bonchev–Trinajstić information content (AvgIpc) is 3.78. The Bertz CT molecular complexity index is 3990. The molecule has 0 aliphatic heterocycles. The summed E-state index contributed by atoms with van der Waals surface area (Å²) in [6, 6.07) is 83.2. The van der Waals surface area contributed by atoms with E-state index in [9.17, 15) is 0 Å². The summed E-state index contributed by atoms with van der Waals surface area (Å²) in [5.41, 5.74) is 16.4. The van der Waals surface area contributed by atoms with Crippen LogP contribution < -0.4 is 0 Å². The highest BCUT2D eigenvalue weighted by atomic mass is 16.3. The Kier molecular flexibility index (Phi) is 9.14. The van der Waals surface area contributed by atoms with Gasteiger partial charge in [-0.15, -0.1) is 0 Å². The molecule has 0 atom stereocenters. The molecule has 4 heteroatoms. The van der Waals surface area contributed by atoms with Gasteiger partial charge in [-0.1, -0.05) is 212 Å². The van der Waals surface area contributed by atoms with Crippen LogP contribution in [0.2, 0.25) is 0 Å². The minimum atomic E-state index is 0.691. The fourth-order valence-corrected chi connectivity index (χ4v) is 9.93. The number of para-hydroxylation sites is 2. The maximum absolute atomic E-state index is 6.63. The summed E-state index contributed by atoms with van der Waals surface area (Å²) in [5, 5.41) is 7.83. The van der Waals surface area contributed by atoms with Crippen LogP contribution in [0.3, 0.4) is 0 Å². The molecule has 0 spiro atoms. The van der Waals surface area contributed by atoms with Crippen molar-refractivity contribution in [1.29, 1.82) is 0 Å². The van der Waals surface area contributed by atoms with Gasteiger partial charge in [-0.05, 0) is 62.9 Å². The second-order valence-electron chi connectivity index (χ2n) is 17.0. The second-order valence-corrected chi connectivity index (χ2v) is 17.0. The highest BCUT2D eigenvalue weighted by Gasteiger charge is 2.22. The number of aromatic nitrogens is 3. The van der Waals surface area contributed by atoms with Gasteiger partial charge in [0.25, 0.3) is 0 Å². The number of hydrogen-bond acceptors (Lipinski definition) is 4. The molecule has 0 radical (unpaired) electrons. The first-order valence-corrected chi connectivity index (χ1v) is 22.7. The quantitative estimate of drug-likeness (QED) is 0.150. The van der Waals surface area contributed by atoms with Crippen molar-refractivity contribution in [2.45, 2.75) is 0 Å². The van der Waals surface area contributed by atoms with Gasteiger partial charge in [0.15, 0.2) is 5.82 Å². The van der Waals surface area contributed by atoms with Crippen LogP contribution >= 0.6 is 0 Å². The van der Waals surface area contributed by atoms with Crippen LogP contribution in [0.5, 0.6) is 0 Å². The molecule has 0 unspecified atom stereocenters. The third-order valence-corrected chi connectivity index (χ3v) is 13.1. The van der Waals surface area contributed by atoms with Crippen LogP contribution in [0, 0.1) is 0 Å². The van der Waals surface area contributed by atoms with Crippen molar-refractivity contribution in [2.75, 3.05) is 0 Å². The molecule has 0 amide bonds. The molecular formula is C63H39N3O. The molecule has 3 aromatic heterocycles. The van der Waals surface area contributed by atoms with E-state index in [0.29, 0.717) is 5.82 Å². The van der Waals surface area contributed by atoms with E-state index < -0.39 is 0 Å². The zero-order chi connectivity index (χ0) is 44.3. The molecule has 10 aromatic carbocycles. The van der Waals surface area contributed by atoms with Crippen molar-refractivity contribution in [1.82, 2.24) is 15.0 Å². The van der Waals surface area contributed by atoms with Gasteiger partial charge >= 0.3 is 0 Å². The summed E-state index contributed by atoms with van der Waals surface area (Å²) < 4.78 is 6.63. The Balaban J connectivity index is 0.939. The Morgan fingerprint density at radius 3 is 1.54 bits per heavy atom. The second kappa shape index (κ2) is 15.9. The van der Waals surface area contributed by atoms with Crippen LogP contribution in [0.1, 0.15) is 0 Å².